The van der Waals surface area contributed by atoms with Crippen LogP contribution in [0.1, 0.15) is 32.1 Å². The molecule has 0 saturated heterocycles. The van der Waals surface area contributed by atoms with Crippen molar-refractivity contribution >= 4 is 5.91 Å². The maximum Gasteiger partial charge on any atom is 0.219 e. The summed E-state index contributed by atoms with van der Waals surface area (Å²) >= 11 is 0. The van der Waals surface area contributed by atoms with E-state index in [1.807, 2.05) is 0 Å². The number of carbonyl (C=O) groups is 1. The van der Waals surface area contributed by atoms with Crippen molar-refractivity contribution < 1.29 is 9.53 Å². The summed E-state index contributed by atoms with van der Waals surface area (Å²) in [7, 11) is 3.39. The number of hydrogen-bond acceptors (Lipinski definition) is 2. The summed E-state index contributed by atoms with van der Waals surface area (Å²) in [6, 6.07) is 0. The molecule has 0 aliphatic heterocycles. The van der Waals surface area contributed by atoms with Crippen LogP contribution in [0.25, 0.3) is 0 Å². The topological polar surface area (TPSA) is 38.3 Å². The zero-order valence-electron chi connectivity index (χ0n) is 8.06. The Bertz CT molecular complexity index is 115. The largest absolute Gasteiger partial charge is 0.385 e. The lowest BCUT2D eigenvalue weighted by Crippen LogP contribution is -2.16. The molecule has 0 atom stereocenters. The van der Waals surface area contributed by atoms with E-state index in [9.17, 15) is 4.79 Å². The van der Waals surface area contributed by atoms with Crippen molar-refractivity contribution in [3.63, 3.8) is 0 Å². The SMILES string of the molecule is CNC(=O)CCCCCCOC. The Hall–Kier alpha value is -0.570. The molecule has 0 aromatic rings. The van der Waals surface area contributed by atoms with Crippen LogP contribution < -0.4 is 5.32 Å². The lowest BCUT2D eigenvalue weighted by atomic mass is 10.1. The Morgan fingerprint density at radius 2 is 1.92 bits per heavy atom. The van der Waals surface area contributed by atoms with Gasteiger partial charge in [-0.15, -0.1) is 0 Å². The predicted octanol–water partition coefficient (Wildman–Crippen LogP) is 1.33. The Morgan fingerprint density at radius 3 is 2.50 bits per heavy atom. The highest BCUT2D eigenvalue weighted by Gasteiger charge is 1.96. The summed E-state index contributed by atoms with van der Waals surface area (Å²) in [6.07, 6.45) is 5.03. The normalized spacial score (nSPS) is 9.83. The second kappa shape index (κ2) is 8.53. The van der Waals surface area contributed by atoms with Crippen LogP contribution in [0.4, 0.5) is 0 Å². The lowest BCUT2D eigenvalue weighted by molar-refractivity contribution is -0.120. The molecule has 0 heterocycles. The molecule has 12 heavy (non-hydrogen) atoms. The van der Waals surface area contributed by atoms with Crippen molar-refractivity contribution in [1.82, 2.24) is 5.32 Å². The van der Waals surface area contributed by atoms with Crippen LogP contribution in [0.15, 0.2) is 0 Å². The van der Waals surface area contributed by atoms with E-state index in [1.54, 1.807) is 14.2 Å². The molecule has 0 unspecified atom stereocenters. The molecule has 0 saturated carbocycles. The Morgan fingerprint density at radius 1 is 1.25 bits per heavy atom. The first-order chi connectivity index (χ1) is 5.81. The maximum absolute atomic E-state index is 10.8. The molecular weight excluding hydrogens is 154 g/mol. The standard InChI is InChI=1S/C9H19NO2/c1-10-9(11)7-5-3-4-6-8-12-2/h3-8H2,1-2H3,(H,10,11). The first-order valence-corrected chi connectivity index (χ1v) is 4.50. The van der Waals surface area contributed by atoms with Gasteiger partial charge in [-0.2, -0.15) is 0 Å². The number of ether oxygens (including phenoxy) is 1. The Kier molecular flexibility index (Phi) is 8.12. The number of methoxy groups -OCH3 is 1. The van der Waals surface area contributed by atoms with Crippen molar-refractivity contribution in [2.75, 3.05) is 20.8 Å². The molecule has 0 radical (unpaired) electrons. The van der Waals surface area contributed by atoms with E-state index < -0.39 is 0 Å². The maximum atomic E-state index is 10.8. The van der Waals surface area contributed by atoms with Crippen molar-refractivity contribution in [1.29, 1.82) is 0 Å². The number of carbonyl (C=O) groups excluding carboxylic acids is 1. The van der Waals surface area contributed by atoms with Crippen LogP contribution in [0, 0.1) is 0 Å². The van der Waals surface area contributed by atoms with Crippen LogP contribution in [-0.2, 0) is 9.53 Å². The monoisotopic (exact) mass is 173 g/mol. The van der Waals surface area contributed by atoms with Crippen molar-refractivity contribution in [2.45, 2.75) is 32.1 Å². The van der Waals surface area contributed by atoms with E-state index in [0.717, 1.165) is 32.3 Å². The third-order valence-corrected chi connectivity index (χ3v) is 1.78. The minimum absolute atomic E-state index is 0.141. The zero-order valence-corrected chi connectivity index (χ0v) is 8.06. The summed E-state index contributed by atoms with van der Waals surface area (Å²) in [5, 5.41) is 2.60. The highest BCUT2D eigenvalue weighted by atomic mass is 16.5. The van der Waals surface area contributed by atoms with Gasteiger partial charge in [-0.3, -0.25) is 4.79 Å². The van der Waals surface area contributed by atoms with Gasteiger partial charge >= 0.3 is 0 Å². The van der Waals surface area contributed by atoms with E-state index in [4.69, 9.17) is 4.74 Å². The molecule has 0 bridgehead atoms. The minimum Gasteiger partial charge on any atom is -0.385 e. The summed E-state index contributed by atoms with van der Waals surface area (Å²) in [5.74, 6) is 0.141. The van der Waals surface area contributed by atoms with Gasteiger partial charge in [0.1, 0.15) is 0 Å². The molecule has 0 aliphatic carbocycles. The highest BCUT2D eigenvalue weighted by molar-refractivity contribution is 5.75. The summed E-state index contributed by atoms with van der Waals surface area (Å²) < 4.78 is 4.91. The molecule has 0 aromatic carbocycles. The van der Waals surface area contributed by atoms with Crippen LogP contribution >= 0.6 is 0 Å². The van der Waals surface area contributed by atoms with Crippen molar-refractivity contribution in [2.24, 2.45) is 0 Å². The fourth-order valence-electron chi connectivity index (χ4n) is 1.01. The van der Waals surface area contributed by atoms with Gasteiger partial charge in [0.25, 0.3) is 0 Å². The van der Waals surface area contributed by atoms with E-state index >= 15 is 0 Å². The number of nitrogens with one attached hydrogen (secondary N) is 1. The molecule has 0 aromatic heterocycles. The molecular formula is C9H19NO2. The summed E-state index contributed by atoms with van der Waals surface area (Å²) in [5.41, 5.74) is 0. The van der Waals surface area contributed by atoms with Crippen molar-refractivity contribution in [3.8, 4) is 0 Å². The third kappa shape index (κ3) is 7.54. The van der Waals surface area contributed by atoms with Crippen LogP contribution in [0.2, 0.25) is 0 Å². The third-order valence-electron chi connectivity index (χ3n) is 1.78. The van der Waals surface area contributed by atoms with E-state index in [1.165, 1.54) is 0 Å². The van der Waals surface area contributed by atoms with Gasteiger partial charge in [0.2, 0.25) is 5.91 Å². The Balaban J connectivity index is 2.95. The van der Waals surface area contributed by atoms with Gasteiger partial charge in [-0.05, 0) is 12.8 Å². The van der Waals surface area contributed by atoms with Gasteiger partial charge in [0.15, 0.2) is 0 Å². The molecule has 0 fully saturated rings. The molecule has 1 N–H and O–H groups in total. The number of rotatable bonds is 7. The fourth-order valence-corrected chi connectivity index (χ4v) is 1.01. The highest BCUT2D eigenvalue weighted by Crippen LogP contribution is 2.02. The first-order valence-electron chi connectivity index (χ1n) is 4.50. The number of amides is 1. The molecule has 72 valence electrons. The molecule has 0 rings (SSSR count). The number of unbranched alkanes of at least 4 members (excludes halogenated alkanes) is 3. The minimum atomic E-state index is 0.141. The average molecular weight is 173 g/mol. The van der Waals surface area contributed by atoms with Gasteiger partial charge < -0.3 is 10.1 Å². The molecule has 3 nitrogen and oxygen atoms in total. The Labute approximate surface area is 74.5 Å². The van der Waals surface area contributed by atoms with E-state index in [2.05, 4.69) is 5.32 Å². The zero-order chi connectivity index (χ0) is 9.23. The predicted molar refractivity (Wildman–Crippen MR) is 49.0 cm³/mol. The van der Waals surface area contributed by atoms with Crippen LogP contribution in [-0.4, -0.2) is 26.7 Å². The van der Waals surface area contributed by atoms with Gasteiger partial charge in [-0.25, -0.2) is 0 Å². The lowest BCUT2D eigenvalue weighted by Gasteiger charge is -2.00. The smallest absolute Gasteiger partial charge is 0.219 e. The summed E-state index contributed by atoms with van der Waals surface area (Å²) in [4.78, 5) is 10.8. The number of hydrogen-bond donors (Lipinski definition) is 1. The van der Waals surface area contributed by atoms with E-state index in [0.29, 0.717) is 6.42 Å². The molecule has 1 amide bonds. The van der Waals surface area contributed by atoms with Crippen LogP contribution in [0.3, 0.4) is 0 Å². The quantitative estimate of drug-likeness (QED) is 0.590. The molecule has 3 heteroatoms. The first kappa shape index (κ1) is 11.4. The van der Waals surface area contributed by atoms with E-state index in [-0.39, 0.29) is 5.91 Å². The van der Waals surface area contributed by atoms with Gasteiger partial charge in [0, 0.05) is 27.2 Å². The van der Waals surface area contributed by atoms with Crippen molar-refractivity contribution in [3.05, 3.63) is 0 Å². The summed E-state index contributed by atoms with van der Waals surface area (Å²) in [6.45, 7) is 0.833. The second-order valence-corrected chi connectivity index (χ2v) is 2.83. The van der Waals surface area contributed by atoms with Gasteiger partial charge in [-0.1, -0.05) is 12.8 Å². The molecule has 0 aliphatic rings. The second-order valence-electron chi connectivity index (χ2n) is 2.83. The molecule has 0 spiro atoms. The average Bonchev–Trinajstić information content (AvgIpc) is 2.10. The van der Waals surface area contributed by atoms with Crippen LogP contribution in [0.5, 0.6) is 0 Å². The fraction of sp³-hybridized carbons (Fsp3) is 0.889. The van der Waals surface area contributed by atoms with Gasteiger partial charge in [0.05, 0.1) is 0 Å².